The van der Waals surface area contributed by atoms with Crippen LogP contribution in [0.2, 0.25) is 0 Å². The van der Waals surface area contributed by atoms with Crippen LogP contribution in [-0.4, -0.2) is 0 Å². The van der Waals surface area contributed by atoms with Gasteiger partial charge in [-0.25, -0.2) is 0 Å². The molecule has 0 heterocycles. The summed E-state index contributed by atoms with van der Waals surface area (Å²) in [5, 5.41) is 0. The van der Waals surface area contributed by atoms with Crippen molar-refractivity contribution in [2.24, 2.45) is 17.8 Å². The van der Waals surface area contributed by atoms with E-state index >= 15 is 0 Å². The molecule has 0 bridgehead atoms. The molecule has 0 aliphatic rings. The summed E-state index contributed by atoms with van der Waals surface area (Å²) in [6.07, 6.45) is 42.5. The lowest BCUT2D eigenvalue weighted by atomic mass is 9.80. The largest absolute Gasteiger partial charge is 0.0654 e. The van der Waals surface area contributed by atoms with Crippen molar-refractivity contribution in [2.45, 2.75) is 221 Å². The van der Waals surface area contributed by atoms with Crippen LogP contribution in [0.25, 0.3) is 0 Å². The zero-order chi connectivity index (χ0) is 27.2. The van der Waals surface area contributed by atoms with Crippen molar-refractivity contribution in [3.05, 3.63) is 0 Å². The van der Waals surface area contributed by atoms with Crippen LogP contribution < -0.4 is 0 Å². The van der Waals surface area contributed by atoms with E-state index in [9.17, 15) is 0 Å². The van der Waals surface area contributed by atoms with Crippen LogP contribution >= 0.6 is 0 Å². The molecule has 224 valence electrons. The maximum Gasteiger partial charge on any atom is -0.0388 e. The third kappa shape index (κ3) is 27.4. The van der Waals surface area contributed by atoms with Gasteiger partial charge in [0.2, 0.25) is 0 Å². The molecule has 0 saturated carbocycles. The summed E-state index contributed by atoms with van der Waals surface area (Å²) in [6.45, 7) is 12.1. The Morgan fingerprint density at radius 3 is 1.03 bits per heavy atom. The second-order valence-electron chi connectivity index (χ2n) is 13.2. The van der Waals surface area contributed by atoms with Gasteiger partial charge in [-0.1, -0.05) is 214 Å². The summed E-state index contributed by atoms with van der Waals surface area (Å²) in [4.78, 5) is 0. The molecule has 37 heavy (non-hydrogen) atoms. The van der Waals surface area contributed by atoms with Gasteiger partial charge in [-0.05, 0) is 24.2 Å². The molecule has 0 aliphatic carbocycles. The van der Waals surface area contributed by atoms with Crippen molar-refractivity contribution in [2.75, 3.05) is 0 Å². The highest BCUT2D eigenvalue weighted by Gasteiger charge is 2.18. The lowest BCUT2D eigenvalue weighted by molar-refractivity contribution is 0.260. The van der Waals surface area contributed by atoms with Gasteiger partial charge in [-0.15, -0.1) is 0 Å². The average Bonchev–Trinajstić information content (AvgIpc) is 2.90. The van der Waals surface area contributed by atoms with E-state index in [1.54, 1.807) is 0 Å². The Morgan fingerprint density at radius 1 is 0.297 bits per heavy atom. The number of unbranched alkanes of at least 4 members (excludes halogenated alkanes) is 21. The van der Waals surface area contributed by atoms with Gasteiger partial charge in [-0.3, -0.25) is 0 Å². The summed E-state index contributed by atoms with van der Waals surface area (Å²) < 4.78 is 0. The van der Waals surface area contributed by atoms with E-state index in [0.29, 0.717) is 0 Å². The zero-order valence-electron chi connectivity index (χ0n) is 27.2. The topological polar surface area (TPSA) is 0 Å². The maximum absolute atomic E-state index is 2.61. The van der Waals surface area contributed by atoms with Gasteiger partial charge in [0.1, 0.15) is 0 Å². The molecular formula is C37H76. The molecule has 0 heteroatoms. The first-order valence-electron chi connectivity index (χ1n) is 18.2. The standard InChI is InChI=1S/C37H76/c1-6-9-12-15-18-21-24-27-30-35(4)33-34-37(32-29-26-23-20-17-14-11-8-3)36(5)31-28-25-22-19-16-13-10-7-2/h35-37H,6-34H2,1-5H3. The van der Waals surface area contributed by atoms with E-state index < -0.39 is 0 Å². The molecule has 0 N–H and O–H groups in total. The number of hydrogen-bond donors (Lipinski definition) is 0. The first-order chi connectivity index (χ1) is 18.2. The smallest absolute Gasteiger partial charge is 0.0388 e. The van der Waals surface area contributed by atoms with E-state index in [2.05, 4.69) is 34.6 Å². The fourth-order valence-electron chi connectivity index (χ4n) is 6.36. The summed E-state index contributed by atoms with van der Waals surface area (Å²) in [7, 11) is 0. The van der Waals surface area contributed by atoms with Gasteiger partial charge in [0, 0.05) is 0 Å². The molecule has 0 amide bonds. The van der Waals surface area contributed by atoms with Gasteiger partial charge < -0.3 is 0 Å². The van der Waals surface area contributed by atoms with Crippen LogP contribution in [-0.2, 0) is 0 Å². The van der Waals surface area contributed by atoms with E-state index in [1.165, 1.54) is 186 Å². The van der Waals surface area contributed by atoms with Crippen LogP contribution in [0, 0.1) is 17.8 Å². The van der Waals surface area contributed by atoms with E-state index in [0.717, 1.165) is 17.8 Å². The minimum absolute atomic E-state index is 0.941. The molecule has 0 aromatic heterocycles. The van der Waals surface area contributed by atoms with Crippen molar-refractivity contribution < 1.29 is 0 Å². The third-order valence-electron chi connectivity index (χ3n) is 9.33. The number of hydrogen-bond acceptors (Lipinski definition) is 0. The lowest BCUT2D eigenvalue weighted by Crippen LogP contribution is -2.14. The maximum atomic E-state index is 2.61. The Morgan fingerprint density at radius 2 is 0.622 bits per heavy atom. The first-order valence-corrected chi connectivity index (χ1v) is 18.2. The molecule has 3 atom stereocenters. The molecule has 3 unspecified atom stereocenters. The lowest BCUT2D eigenvalue weighted by Gasteiger charge is -2.26. The predicted octanol–water partition coefficient (Wildman–Crippen LogP) is 14.2. The van der Waals surface area contributed by atoms with Crippen molar-refractivity contribution in [1.29, 1.82) is 0 Å². The van der Waals surface area contributed by atoms with Crippen LogP contribution in [0.1, 0.15) is 221 Å². The highest BCUT2D eigenvalue weighted by atomic mass is 14.2. The minimum Gasteiger partial charge on any atom is -0.0654 e. The van der Waals surface area contributed by atoms with Gasteiger partial charge in [-0.2, -0.15) is 0 Å². The Bertz CT molecular complexity index is 399. The predicted molar refractivity (Wildman–Crippen MR) is 173 cm³/mol. The van der Waals surface area contributed by atoms with Crippen molar-refractivity contribution in [3.8, 4) is 0 Å². The molecule has 0 saturated heterocycles. The van der Waals surface area contributed by atoms with Crippen molar-refractivity contribution >= 4 is 0 Å². The molecule has 0 rings (SSSR count). The van der Waals surface area contributed by atoms with Crippen molar-refractivity contribution in [1.82, 2.24) is 0 Å². The fraction of sp³-hybridized carbons (Fsp3) is 1.00. The second kappa shape index (κ2) is 30.5. The van der Waals surface area contributed by atoms with E-state index in [4.69, 9.17) is 0 Å². The molecule has 0 fully saturated rings. The first kappa shape index (κ1) is 37.0. The zero-order valence-corrected chi connectivity index (χ0v) is 27.2. The van der Waals surface area contributed by atoms with Gasteiger partial charge >= 0.3 is 0 Å². The minimum atomic E-state index is 0.941. The van der Waals surface area contributed by atoms with Crippen molar-refractivity contribution in [3.63, 3.8) is 0 Å². The quantitative estimate of drug-likeness (QED) is 0.0797. The van der Waals surface area contributed by atoms with Gasteiger partial charge in [0.15, 0.2) is 0 Å². The Hall–Kier alpha value is 0. The SMILES string of the molecule is CCCCCCCCCCC(C)CCC(CCCCCCCCCC)C(C)CCCCCCCCCC. The van der Waals surface area contributed by atoms with Crippen LogP contribution in [0.4, 0.5) is 0 Å². The highest BCUT2D eigenvalue weighted by molar-refractivity contribution is 4.70. The molecule has 0 aromatic carbocycles. The summed E-state index contributed by atoms with van der Waals surface area (Å²) in [5.41, 5.74) is 0. The van der Waals surface area contributed by atoms with Gasteiger partial charge in [0.05, 0.1) is 0 Å². The summed E-state index contributed by atoms with van der Waals surface area (Å²) in [5.74, 6) is 2.88. The molecule has 0 nitrogen and oxygen atoms in total. The second-order valence-corrected chi connectivity index (χ2v) is 13.2. The monoisotopic (exact) mass is 521 g/mol. The summed E-state index contributed by atoms with van der Waals surface area (Å²) in [6, 6.07) is 0. The Balaban J connectivity index is 4.18. The normalized spacial score (nSPS) is 14.2. The molecule has 0 spiro atoms. The van der Waals surface area contributed by atoms with Crippen LogP contribution in [0.5, 0.6) is 0 Å². The highest BCUT2D eigenvalue weighted by Crippen LogP contribution is 2.31. The average molecular weight is 521 g/mol. The molecular weight excluding hydrogens is 444 g/mol. The molecule has 0 radical (unpaired) electrons. The van der Waals surface area contributed by atoms with Gasteiger partial charge in [0.25, 0.3) is 0 Å². The third-order valence-corrected chi connectivity index (χ3v) is 9.33. The van der Waals surface area contributed by atoms with Crippen LogP contribution in [0.15, 0.2) is 0 Å². The Kier molecular flexibility index (Phi) is 30.5. The molecule has 0 aromatic rings. The van der Waals surface area contributed by atoms with E-state index in [1.807, 2.05) is 0 Å². The number of rotatable bonds is 31. The summed E-state index contributed by atoms with van der Waals surface area (Å²) >= 11 is 0. The van der Waals surface area contributed by atoms with E-state index in [-0.39, 0.29) is 0 Å². The van der Waals surface area contributed by atoms with Crippen LogP contribution in [0.3, 0.4) is 0 Å². The fourth-order valence-corrected chi connectivity index (χ4v) is 6.36. The Labute approximate surface area is 238 Å². The molecule has 0 aliphatic heterocycles.